The molecule has 2 N–H and O–H groups in total. The van der Waals surface area contributed by atoms with Gasteiger partial charge in [-0.25, -0.2) is 4.98 Å². The first-order valence-corrected chi connectivity index (χ1v) is 7.91. The van der Waals surface area contributed by atoms with E-state index in [1.807, 2.05) is 6.20 Å². The number of carboxylic acids is 1. The lowest BCUT2D eigenvalue weighted by atomic mass is 9.49. The van der Waals surface area contributed by atoms with E-state index < -0.39 is 5.97 Å². The fraction of sp³-hybridized carbons (Fsp3) is 0.750. The van der Waals surface area contributed by atoms with Crippen LogP contribution in [0.2, 0.25) is 0 Å². The Labute approximate surface area is 119 Å². The summed E-state index contributed by atoms with van der Waals surface area (Å²) in [5.74, 6) is 4.14. The van der Waals surface area contributed by atoms with Crippen LogP contribution >= 0.6 is 0 Å². The summed E-state index contributed by atoms with van der Waals surface area (Å²) in [4.78, 5) is 18.9. The smallest absolute Gasteiger partial charge is 0.304 e. The molecular formula is C16H22N2O2. The van der Waals surface area contributed by atoms with Crippen LogP contribution in [0.25, 0.3) is 0 Å². The molecule has 4 bridgehead atoms. The summed E-state index contributed by atoms with van der Waals surface area (Å²) < 4.78 is 0. The van der Waals surface area contributed by atoms with Gasteiger partial charge in [0.1, 0.15) is 5.82 Å². The number of aliphatic carboxylic acids is 1. The molecule has 0 amide bonds. The number of rotatable bonds is 4. The third-order valence-electron chi connectivity index (χ3n) is 6.03. The van der Waals surface area contributed by atoms with Crippen molar-refractivity contribution < 1.29 is 9.90 Å². The standard InChI is InChI=1S/C16H22N2O2/c19-14(20)8-13(16-17-1-2-18-16)15-11-4-9-3-10(6-11)7-12(15)5-9/h1-2,9-13,15H,3-8H2,(H,17,18)(H,19,20). The SMILES string of the molecule is O=C(O)CC(c1ncc[nH]1)C1C2CC3CC(C2)CC1C3. The van der Waals surface area contributed by atoms with Gasteiger partial charge in [-0.3, -0.25) is 4.79 Å². The Hall–Kier alpha value is -1.32. The monoisotopic (exact) mass is 274 g/mol. The minimum atomic E-state index is -0.694. The van der Waals surface area contributed by atoms with Gasteiger partial charge in [0.05, 0.1) is 6.42 Å². The van der Waals surface area contributed by atoms with Crippen LogP contribution in [-0.2, 0) is 4.79 Å². The molecule has 1 unspecified atom stereocenters. The van der Waals surface area contributed by atoms with E-state index in [9.17, 15) is 9.90 Å². The quantitative estimate of drug-likeness (QED) is 0.887. The van der Waals surface area contributed by atoms with Crippen LogP contribution in [0.5, 0.6) is 0 Å². The third kappa shape index (κ3) is 1.97. The van der Waals surface area contributed by atoms with E-state index in [-0.39, 0.29) is 12.3 Å². The lowest BCUT2D eigenvalue weighted by Gasteiger charge is -2.56. The number of hydrogen-bond donors (Lipinski definition) is 2. The number of carbonyl (C=O) groups is 1. The summed E-state index contributed by atoms with van der Waals surface area (Å²) in [6.45, 7) is 0. The van der Waals surface area contributed by atoms with Crippen molar-refractivity contribution in [1.82, 2.24) is 9.97 Å². The molecule has 4 heteroatoms. The molecular weight excluding hydrogens is 252 g/mol. The molecule has 0 aromatic carbocycles. The van der Waals surface area contributed by atoms with E-state index >= 15 is 0 Å². The van der Waals surface area contributed by atoms with Crippen LogP contribution in [0.15, 0.2) is 12.4 Å². The van der Waals surface area contributed by atoms with E-state index in [0.717, 1.165) is 29.5 Å². The Morgan fingerprint density at radius 1 is 1.25 bits per heavy atom. The number of aromatic amines is 1. The zero-order chi connectivity index (χ0) is 13.7. The van der Waals surface area contributed by atoms with Crippen LogP contribution in [0.1, 0.15) is 50.3 Å². The van der Waals surface area contributed by atoms with Crippen molar-refractivity contribution in [1.29, 1.82) is 0 Å². The molecule has 0 saturated heterocycles. The average Bonchev–Trinajstić information content (AvgIpc) is 2.89. The number of H-pyrrole nitrogens is 1. The summed E-state index contributed by atoms with van der Waals surface area (Å²) in [5, 5.41) is 9.30. The predicted octanol–water partition coefficient (Wildman–Crippen LogP) is 3.04. The molecule has 108 valence electrons. The lowest BCUT2D eigenvalue weighted by molar-refractivity contribution is -0.139. The highest BCUT2D eigenvalue weighted by atomic mass is 16.4. The molecule has 1 atom stereocenters. The van der Waals surface area contributed by atoms with Crippen molar-refractivity contribution in [2.24, 2.45) is 29.6 Å². The molecule has 5 rings (SSSR count). The molecule has 20 heavy (non-hydrogen) atoms. The minimum Gasteiger partial charge on any atom is -0.481 e. The largest absolute Gasteiger partial charge is 0.481 e. The summed E-state index contributed by atoms with van der Waals surface area (Å²) in [5.41, 5.74) is 0. The maximum atomic E-state index is 11.3. The van der Waals surface area contributed by atoms with Gasteiger partial charge in [-0.1, -0.05) is 0 Å². The highest BCUT2D eigenvalue weighted by Gasteiger charge is 2.51. The summed E-state index contributed by atoms with van der Waals surface area (Å²) in [6.07, 6.45) is 10.5. The van der Waals surface area contributed by atoms with Gasteiger partial charge < -0.3 is 10.1 Å². The molecule has 4 fully saturated rings. The van der Waals surface area contributed by atoms with Crippen LogP contribution in [0.3, 0.4) is 0 Å². The number of aromatic nitrogens is 2. The number of nitrogens with one attached hydrogen (secondary N) is 1. The lowest BCUT2D eigenvalue weighted by Crippen LogP contribution is -2.47. The van der Waals surface area contributed by atoms with Crippen molar-refractivity contribution in [3.8, 4) is 0 Å². The Bertz CT molecular complexity index is 469. The van der Waals surface area contributed by atoms with Crippen molar-refractivity contribution in [2.75, 3.05) is 0 Å². The van der Waals surface area contributed by atoms with E-state index in [0.29, 0.717) is 5.92 Å². The zero-order valence-corrected chi connectivity index (χ0v) is 11.7. The van der Waals surface area contributed by atoms with E-state index in [1.54, 1.807) is 6.20 Å². The molecule has 4 aliphatic carbocycles. The number of carboxylic acid groups (broad SMARTS) is 1. The predicted molar refractivity (Wildman–Crippen MR) is 74.1 cm³/mol. The molecule has 4 saturated carbocycles. The third-order valence-corrected chi connectivity index (χ3v) is 6.03. The van der Waals surface area contributed by atoms with Gasteiger partial charge in [0, 0.05) is 18.3 Å². The highest BCUT2D eigenvalue weighted by molar-refractivity contribution is 5.67. The van der Waals surface area contributed by atoms with Gasteiger partial charge in [0.2, 0.25) is 0 Å². The fourth-order valence-corrected chi connectivity index (χ4v) is 5.71. The normalized spacial score (nSPS) is 39.9. The van der Waals surface area contributed by atoms with Crippen molar-refractivity contribution >= 4 is 5.97 Å². The van der Waals surface area contributed by atoms with Crippen LogP contribution < -0.4 is 0 Å². The van der Waals surface area contributed by atoms with Gasteiger partial charge in [-0.05, 0) is 61.7 Å². The zero-order valence-electron chi connectivity index (χ0n) is 11.7. The van der Waals surface area contributed by atoms with Crippen LogP contribution in [0, 0.1) is 29.6 Å². The van der Waals surface area contributed by atoms with Crippen LogP contribution in [0.4, 0.5) is 0 Å². The Balaban J connectivity index is 1.64. The maximum Gasteiger partial charge on any atom is 0.304 e. The number of hydrogen-bond acceptors (Lipinski definition) is 2. The fourth-order valence-electron chi connectivity index (χ4n) is 5.71. The molecule has 4 nitrogen and oxygen atoms in total. The second-order valence-electron chi connectivity index (χ2n) is 7.19. The Morgan fingerprint density at radius 2 is 1.90 bits per heavy atom. The topological polar surface area (TPSA) is 66.0 Å². The number of nitrogens with zero attached hydrogens (tertiary/aromatic N) is 1. The first-order valence-electron chi connectivity index (χ1n) is 7.91. The molecule has 1 aromatic heterocycles. The van der Waals surface area contributed by atoms with Crippen molar-refractivity contribution in [3.05, 3.63) is 18.2 Å². The number of imidazole rings is 1. The molecule has 0 aliphatic heterocycles. The van der Waals surface area contributed by atoms with E-state index in [2.05, 4.69) is 9.97 Å². The van der Waals surface area contributed by atoms with Gasteiger partial charge in [0.15, 0.2) is 0 Å². The molecule has 0 spiro atoms. The van der Waals surface area contributed by atoms with E-state index in [1.165, 1.54) is 32.1 Å². The van der Waals surface area contributed by atoms with Crippen LogP contribution in [-0.4, -0.2) is 21.0 Å². The second kappa shape index (κ2) is 4.61. The van der Waals surface area contributed by atoms with Gasteiger partial charge in [-0.15, -0.1) is 0 Å². The Kier molecular flexibility index (Phi) is 2.86. The van der Waals surface area contributed by atoms with Gasteiger partial charge >= 0.3 is 5.97 Å². The molecule has 4 aliphatic rings. The minimum absolute atomic E-state index is 0.0810. The molecule has 1 heterocycles. The maximum absolute atomic E-state index is 11.3. The average molecular weight is 274 g/mol. The first kappa shape index (κ1) is 12.4. The molecule has 1 aromatic rings. The highest BCUT2D eigenvalue weighted by Crippen LogP contribution is 2.60. The summed E-state index contributed by atoms with van der Waals surface area (Å²) in [7, 11) is 0. The second-order valence-corrected chi connectivity index (χ2v) is 7.19. The first-order chi connectivity index (χ1) is 9.70. The van der Waals surface area contributed by atoms with Crippen molar-refractivity contribution in [2.45, 2.75) is 44.4 Å². The summed E-state index contributed by atoms with van der Waals surface area (Å²) in [6, 6.07) is 0. The van der Waals surface area contributed by atoms with Gasteiger partial charge in [0.25, 0.3) is 0 Å². The van der Waals surface area contributed by atoms with Gasteiger partial charge in [-0.2, -0.15) is 0 Å². The summed E-state index contributed by atoms with van der Waals surface area (Å²) >= 11 is 0. The van der Waals surface area contributed by atoms with E-state index in [4.69, 9.17) is 0 Å². The molecule has 0 radical (unpaired) electrons. The van der Waals surface area contributed by atoms with Crippen molar-refractivity contribution in [3.63, 3.8) is 0 Å². The Morgan fingerprint density at radius 3 is 2.40 bits per heavy atom.